The van der Waals surface area contributed by atoms with E-state index >= 15 is 0 Å². The van der Waals surface area contributed by atoms with Crippen LogP contribution in [0.2, 0.25) is 5.02 Å². The van der Waals surface area contributed by atoms with Crippen molar-refractivity contribution in [3.05, 3.63) is 63.4 Å². The van der Waals surface area contributed by atoms with E-state index in [2.05, 4.69) is 17.2 Å². The standard InChI is InChI=1S/C23H23ClF3N3O/c1-13-17-3-2-10-28-21(17)30-20(13)11-14-4-7-16(8-5-14)29-22(31)18-12-15(23(25,26)27)6-9-19(18)24/h2-3,6,9-10,12,14,16,20H,4-5,7-8,11H2,1H3,(H,29,31)/t14-,16-,20?. The number of halogens is 4. The van der Waals surface area contributed by atoms with Crippen LogP contribution in [0.5, 0.6) is 0 Å². The van der Waals surface area contributed by atoms with Crippen LogP contribution in [0, 0.1) is 5.92 Å². The van der Waals surface area contributed by atoms with Gasteiger partial charge in [-0.25, -0.2) is 4.98 Å². The zero-order valence-electron chi connectivity index (χ0n) is 17.0. The Hall–Kier alpha value is -2.41. The van der Waals surface area contributed by atoms with Crippen molar-refractivity contribution >= 4 is 23.1 Å². The fourth-order valence-corrected chi connectivity index (χ4v) is 4.66. The molecule has 31 heavy (non-hydrogen) atoms. The van der Waals surface area contributed by atoms with Crippen molar-refractivity contribution in [2.24, 2.45) is 10.9 Å². The molecule has 1 fully saturated rings. The highest BCUT2D eigenvalue weighted by Crippen LogP contribution is 2.33. The molecule has 1 aromatic heterocycles. The van der Waals surface area contributed by atoms with Crippen LogP contribution >= 0.6 is 11.6 Å². The number of rotatable bonds is 4. The number of pyridine rings is 1. The van der Waals surface area contributed by atoms with E-state index in [1.165, 1.54) is 5.57 Å². The Labute approximate surface area is 183 Å². The number of nitrogens with one attached hydrogen (secondary N) is 1. The number of carbonyl (C=O) groups excluding carboxylic acids is 1. The van der Waals surface area contributed by atoms with Crippen LogP contribution in [-0.2, 0) is 6.18 Å². The van der Waals surface area contributed by atoms with E-state index < -0.39 is 17.6 Å². The maximum Gasteiger partial charge on any atom is 0.416 e. The van der Waals surface area contributed by atoms with Gasteiger partial charge in [-0.2, -0.15) is 13.2 Å². The number of hydrogen-bond acceptors (Lipinski definition) is 3. The number of amides is 1. The van der Waals surface area contributed by atoms with Crippen LogP contribution in [0.3, 0.4) is 0 Å². The first-order chi connectivity index (χ1) is 14.7. The summed E-state index contributed by atoms with van der Waals surface area (Å²) in [5.74, 6) is -0.0700. The molecule has 1 aliphatic heterocycles. The number of fused-ring (bicyclic) bond motifs is 1. The second kappa shape index (κ2) is 8.61. The van der Waals surface area contributed by atoms with Gasteiger partial charge in [0.1, 0.15) is 0 Å². The fraction of sp³-hybridized carbons (Fsp3) is 0.435. The van der Waals surface area contributed by atoms with Gasteiger partial charge in [0.25, 0.3) is 5.91 Å². The molecular weight excluding hydrogens is 427 g/mol. The average molecular weight is 450 g/mol. The maximum atomic E-state index is 13.0. The minimum atomic E-state index is -4.52. The molecule has 2 aromatic rings. The van der Waals surface area contributed by atoms with Crippen LogP contribution < -0.4 is 16.0 Å². The number of carbonyl (C=O) groups is 1. The molecule has 1 saturated carbocycles. The maximum absolute atomic E-state index is 13.0. The van der Waals surface area contributed by atoms with Crippen molar-refractivity contribution in [3.63, 3.8) is 0 Å². The Morgan fingerprint density at radius 1 is 1.19 bits per heavy atom. The summed E-state index contributed by atoms with van der Waals surface area (Å²) in [4.78, 5) is 21.6. The smallest absolute Gasteiger partial charge is 0.349 e. The predicted molar refractivity (Wildman–Crippen MR) is 112 cm³/mol. The van der Waals surface area contributed by atoms with Crippen molar-refractivity contribution < 1.29 is 18.0 Å². The molecule has 4 nitrogen and oxygen atoms in total. The van der Waals surface area contributed by atoms with Gasteiger partial charge in [0.05, 0.1) is 22.2 Å². The number of nitrogens with zero attached hydrogens (tertiary/aromatic N) is 2. The largest absolute Gasteiger partial charge is 0.416 e. The van der Waals surface area contributed by atoms with Crippen molar-refractivity contribution in [2.75, 3.05) is 0 Å². The van der Waals surface area contributed by atoms with Gasteiger partial charge in [0.2, 0.25) is 0 Å². The molecule has 1 atom stereocenters. The number of hydrogen-bond donors (Lipinski definition) is 1. The third-order valence-corrected chi connectivity index (χ3v) is 6.60. The Morgan fingerprint density at radius 3 is 2.61 bits per heavy atom. The first-order valence-electron chi connectivity index (χ1n) is 10.4. The molecule has 1 aliphatic carbocycles. The highest BCUT2D eigenvalue weighted by atomic mass is 35.5. The van der Waals surface area contributed by atoms with Crippen molar-refractivity contribution in [1.82, 2.24) is 10.3 Å². The molecule has 1 aromatic carbocycles. The zero-order valence-corrected chi connectivity index (χ0v) is 17.8. The fourth-order valence-electron chi connectivity index (χ4n) is 4.46. The first kappa shape index (κ1) is 21.8. The van der Waals surface area contributed by atoms with Crippen LogP contribution in [-0.4, -0.2) is 23.0 Å². The van der Waals surface area contributed by atoms with E-state index in [4.69, 9.17) is 16.6 Å². The van der Waals surface area contributed by atoms with Gasteiger partial charge in [-0.1, -0.05) is 11.6 Å². The van der Waals surface area contributed by atoms with Gasteiger partial charge in [-0.3, -0.25) is 9.79 Å². The molecule has 2 heterocycles. The van der Waals surface area contributed by atoms with E-state index in [9.17, 15) is 18.0 Å². The lowest BCUT2D eigenvalue weighted by atomic mass is 9.81. The second-order valence-electron chi connectivity index (χ2n) is 8.32. The highest BCUT2D eigenvalue weighted by molar-refractivity contribution is 6.33. The Balaban J connectivity index is 1.34. The van der Waals surface area contributed by atoms with E-state index in [0.29, 0.717) is 5.92 Å². The van der Waals surface area contributed by atoms with E-state index in [0.717, 1.165) is 61.0 Å². The van der Waals surface area contributed by atoms with Gasteiger partial charge in [0, 0.05) is 17.5 Å². The highest BCUT2D eigenvalue weighted by Gasteiger charge is 2.32. The summed E-state index contributed by atoms with van der Waals surface area (Å²) >= 11 is 5.98. The molecule has 0 radical (unpaired) electrons. The molecule has 0 spiro atoms. The van der Waals surface area contributed by atoms with Gasteiger partial charge < -0.3 is 5.32 Å². The van der Waals surface area contributed by atoms with Crippen molar-refractivity contribution in [3.8, 4) is 0 Å². The Morgan fingerprint density at radius 2 is 1.94 bits per heavy atom. The molecule has 8 heteroatoms. The van der Waals surface area contributed by atoms with E-state index in [1.807, 2.05) is 12.1 Å². The molecule has 1 unspecified atom stereocenters. The zero-order chi connectivity index (χ0) is 22.2. The van der Waals surface area contributed by atoms with Crippen molar-refractivity contribution in [2.45, 2.75) is 57.3 Å². The third kappa shape index (κ3) is 4.76. The molecule has 0 bridgehead atoms. The summed E-state index contributed by atoms with van der Waals surface area (Å²) in [6.07, 6.45) is 1.61. The Kier molecular flexibility index (Phi) is 6.06. The third-order valence-electron chi connectivity index (χ3n) is 6.27. The van der Waals surface area contributed by atoms with Crippen molar-refractivity contribution in [1.29, 1.82) is 0 Å². The quantitative estimate of drug-likeness (QED) is 0.756. The summed E-state index contributed by atoms with van der Waals surface area (Å²) in [6, 6.07) is 6.86. The lowest BCUT2D eigenvalue weighted by molar-refractivity contribution is -0.137. The lowest BCUT2D eigenvalue weighted by Crippen LogP contribution is -2.38. The van der Waals surface area contributed by atoms with Crippen LogP contribution in [0.15, 0.2) is 41.5 Å². The number of benzene rings is 1. The van der Waals surface area contributed by atoms with Crippen LogP contribution in [0.25, 0.3) is 5.57 Å². The summed E-state index contributed by atoms with van der Waals surface area (Å²) in [5, 5.41) is 3.99. The number of alkyl halides is 3. The van der Waals surface area contributed by atoms with Crippen LogP contribution in [0.1, 0.15) is 54.9 Å². The van der Waals surface area contributed by atoms with Crippen LogP contribution in [0.4, 0.5) is 13.2 Å². The van der Waals surface area contributed by atoms with E-state index in [1.54, 1.807) is 6.20 Å². The van der Waals surface area contributed by atoms with Gasteiger partial charge in [-0.15, -0.1) is 0 Å². The number of aromatic nitrogens is 1. The average Bonchev–Trinajstić information content (AvgIpc) is 3.04. The molecule has 2 aliphatic rings. The summed E-state index contributed by atoms with van der Waals surface area (Å²) in [6.45, 7) is 2.10. The van der Waals surface area contributed by atoms with Gasteiger partial charge >= 0.3 is 6.18 Å². The molecule has 1 amide bonds. The lowest BCUT2D eigenvalue weighted by Gasteiger charge is -2.30. The van der Waals surface area contributed by atoms with E-state index in [-0.39, 0.29) is 22.7 Å². The monoisotopic (exact) mass is 449 g/mol. The Bertz CT molecular complexity index is 1110. The molecule has 164 valence electrons. The molecule has 0 saturated heterocycles. The minimum absolute atomic E-state index is 0.0150. The summed E-state index contributed by atoms with van der Waals surface area (Å²) in [5.41, 5.74) is 1.04. The first-order valence-corrected chi connectivity index (χ1v) is 10.8. The molecule has 1 N–H and O–H groups in total. The minimum Gasteiger partial charge on any atom is -0.349 e. The second-order valence-corrected chi connectivity index (χ2v) is 8.73. The molecule has 4 rings (SSSR count). The molecular formula is C23H23ClF3N3O. The summed E-state index contributed by atoms with van der Waals surface area (Å²) in [7, 11) is 0. The normalized spacial score (nSPS) is 23.3. The van der Waals surface area contributed by atoms with Gasteiger partial charge in [0.15, 0.2) is 5.49 Å². The SMILES string of the molecule is CC1=c2cccnc2=NC1C[C@H]1CC[C@H](NC(=O)c2cc(C(F)(F)F)ccc2Cl)CC1. The van der Waals surface area contributed by atoms with Gasteiger partial charge in [-0.05, 0) is 80.9 Å². The topological polar surface area (TPSA) is 54.4 Å². The predicted octanol–water partition coefficient (Wildman–Crippen LogP) is 4.31. The summed E-state index contributed by atoms with van der Waals surface area (Å²) < 4.78 is 38.9.